The SMILES string of the molecule is C=C1CN2CCC[C@@]2(COc2nc3c(c(N4CCCn5nc(-c6nc(C)no6)cc5C4)n2)CO[C@@H](c2c(F)c(N)cc(C#CC)c2C(F)(F)F)C3)C1. The van der Waals surface area contributed by atoms with Gasteiger partial charge in [-0.3, -0.25) is 9.58 Å². The maximum Gasteiger partial charge on any atom is 0.418 e. The van der Waals surface area contributed by atoms with Gasteiger partial charge >= 0.3 is 12.2 Å². The van der Waals surface area contributed by atoms with E-state index in [-0.39, 0.29) is 24.6 Å². The van der Waals surface area contributed by atoms with Gasteiger partial charge in [-0.05, 0) is 58.2 Å². The molecule has 2 saturated heterocycles. The molecule has 4 aromatic rings. The Labute approximate surface area is 297 Å². The Morgan fingerprint density at radius 1 is 1.13 bits per heavy atom. The molecule has 7 heterocycles. The molecule has 52 heavy (non-hydrogen) atoms. The second-order valence-corrected chi connectivity index (χ2v) is 13.9. The molecule has 1 aromatic carbocycles. The number of hydrogen-bond donors (Lipinski definition) is 1. The molecule has 2 N–H and O–H groups in total. The fourth-order valence-electron chi connectivity index (χ4n) is 8.08. The molecule has 8 rings (SSSR count). The zero-order chi connectivity index (χ0) is 36.4. The highest BCUT2D eigenvalue weighted by Crippen LogP contribution is 2.45. The molecule has 0 bridgehead atoms. The van der Waals surface area contributed by atoms with Gasteiger partial charge in [0.25, 0.3) is 5.89 Å². The van der Waals surface area contributed by atoms with E-state index in [1.807, 2.05) is 10.7 Å². The highest BCUT2D eigenvalue weighted by Gasteiger charge is 2.47. The first-order chi connectivity index (χ1) is 24.9. The van der Waals surface area contributed by atoms with Crippen LogP contribution in [0.1, 0.15) is 78.2 Å². The summed E-state index contributed by atoms with van der Waals surface area (Å²) in [5.41, 5.74) is 6.49. The molecule has 0 amide bonds. The van der Waals surface area contributed by atoms with E-state index >= 15 is 4.39 Å². The number of fused-ring (bicyclic) bond motifs is 3. The zero-order valence-electron chi connectivity index (χ0n) is 28.8. The number of nitrogens with zero attached hydrogens (tertiary/aromatic N) is 8. The molecular weight excluding hydrogens is 682 g/mol. The van der Waals surface area contributed by atoms with Gasteiger partial charge in [0.2, 0.25) is 0 Å². The summed E-state index contributed by atoms with van der Waals surface area (Å²) in [6.07, 6.45) is -2.97. The molecule has 0 radical (unpaired) electrons. The van der Waals surface area contributed by atoms with E-state index in [0.29, 0.717) is 67.1 Å². The van der Waals surface area contributed by atoms with Gasteiger partial charge in [-0.15, -0.1) is 5.92 Å². The second-order valence-electron chi connectivity index (χ2n) is 13.9. The van der Waals surface area contributed by atoms with Crippen molar-refractivity contribution in [3.63, 3.8) is 0 Å². The van der Waals surface area contributed by atoms with Crippen molar-refractivity contribution in [1.29, 1.82) is 0 Å². The molecule has 12 nitrogen and oxygen atoms in total. The van der Waals surface area contributed by atoms with Crippen LogP contribution in [-0.4, -0.2) is 66.6 Å². The summed E-state index contributed by atoms with van der Waals surface area (Å²) in [5.74, 6) is 5.08. The van der Waals surface area contributed by atoms with Crippen molar-refractivity contribution < 1.29 is 31.6 Å². The van der Waals surface area contributed by atoms with E-state index in [0.717, 1.165) is 49.7 Å². The third kappa shape index (κ3) is 6.05. The minimum absolute atomic E-state index is 0.0922. The van der Waals surface area contributed by atoms with Crippen LogP contribution in [0.15, 0.2) is 28.8 Å². The van der Waals surface area contributed by atoms with E-state index in [9.17, 15) is 13.2 Å². The summed E-state index contributed by atoms with van der Waals surface area (Å²) < 4.78 is 79.3. The van der Waals surface area contributed by atoms with Gasteiger partial charge in [-0.2, -0.15) is 33.2 Å². The fourth-order valence-corrected chi connectivity index (χ4v) is 8.08. The van der Waals surface area contributed by atoms with Crippen LogP contribution < -0.4 is 15.4 Å². The van der Waals surface area contributed by atoms with E-state index in [4.69, 9.17) is 34.8 Å². The first kappa shape index (κ1) is 34.1. The Balaban J connectivity index is 1.18. The largest absolute Gasteiger partial charge is 0.461 e. The summed E-state index contributed by atoms with van der Waals surface area (Å²) in [7, 11) is 0. The van der Waals surface area contributed by atoms with Crippen molar-refractivity contribution in [2.24, 2.45) is 0 Å². The van der Waals surface area contributed by atoms with Gasteiger partial charge in [-0.1, -0.05) is 23.2 Å². The van der Waals surface area contributed by atoms with Crippen molar-refractivity contribution in [2.45, 2.75) is 83.5 Å². The number of benzene rings is 1. The monoisotopic (exact) mass is 719 g/mol. The van der Waals surface area contributed by atoms with Crippen molar-refractivity contribution >= 4 is 11.5 Å². The second kappa shape index (κ2) is 12.9. The average molecular weight is 720 g/mol. The Hall–Kier alpha value is -5.01. The number of anilines is 2. The lowest BCUT2D eigenvalue weighted by Crippen LogP contribution is -2.43. The molecule has 0 unspecified atom stereocenters. The Bertz CT molecular complexity index is 2130. The van der Waals surface area contributed by atoms with Gasteiger partial charge < -0.3 is 24.6 Å². The molecule has 0 spiro atoms. The predicted octanol–water partition coefficient (Wildman–Crippen LogP) is 5.54. The Morgan fingerprint density at radius 3 is 2.75 bits per heavy atom. The Morgan fingerprint density at radius 2 is 1.98 bits per heavy atom. The maximum absolute atomic E-state index is 15.7. The van der Waals surface area contributed by atoms with Gasteiger partial charge in [-0.25, -0.2) is 4.39 Å². The normalized spacial score (nSPS) is 21.7. The van der Waals surface area contributed by atoms with E-state index in [1.165, 1.54) is 6.92 Å². The van der Waals surface area contributed by atoms with Crippen LogP contribution in [-0.2, 0) is 37.0 Å². The van der Waals surface area contributed by atoms with Gasteiger partial charge in [0.15, 0.2) is 17.3 Å². The first-order valence-electron chi connectivity index (χ1n) is 17.2. The minimum Gasteiger partial charge on any atom is -0.461 e. The summed E-state index contributed by atoms with van der Waals surface area (Å²) in [6.45, 7) is 10.9. The number of rotatable bonds is 6. The summed E-state index contributed by atoms with van der Waals surface area (Å²) in [6, 6.07) is 2.90. The highest BCUT2D eigenvalue weighted by molar-refractivity contribution is 5.59. The van der Waals surface area contributed by atoms with E-state index < -0.39 is 40.5 Å². The lowest BCUT2D eigenvalue weighted by molar-refractivity contribution is -0.140. The van der Waals surface area contributed by atoms with Gasteiger partial charge in [0.05, 0.1) is 47.4 Å². The number of nitrogen functional groups attached to an aromatic ring is 1. The van der Waals surface area contributed by atoms with Crippen LogP contribution in [0.3, 0.4) is 0 Å². The van der Waals surface area contributed by atoms with Crippen LogP contribution in [0.25, 0.3) is 11.6 Å². The third-order valence-corrected chi connectivity index (χ3v) is 10.3. The number of alkyl halides is 3. The summed E-state index contributed by atoms with van der Waals surface area (Å²) >= 11 is 0. The number of nitrogens with two attached hydrogens (primary N) is 1. The first-order valence-corrected chi connectivity index (χ1v) is 17.2. The van der Waals surface area contributed by atoms with Gasteiger partial charge in [0, 0.05) is 42.7 Å². The average Bonchev–Trinajstić information content (AvgIpc) is 3.85. The molecular formula is C36H37F4N9O3. The quantitative estimate of drug-likeness (QED) is 0.117. The summed E-state index contributed by atoms with van der Waals surface area (Å²) in [5, 5.41) is 8.58. The van der Waals surface area contributed by atoms with Crippen molar-refractivity contribution in [2.75, 3.05) is 36.9 Å². The fraction of sp³-hybridized carbons (Fsp3) is 0.472. The Kier molecular flexibility index (Phi) is 8.45. The smallest absolute Gasteiger partial charge is 0.418 e. The van der Waals surface area contributed by atoms with E-state index in [2.05, 4.69) is 38.4 Å². The van der Waals surface area contributed by atoms with Crippen LogP contribution in [0.2, 0.25) is 0 Å². The molecule has 4 aliphatic rings. The number of aromatic nitrogens is 6. The van der Waals surface area contributed by atoms with E-state index in [1.54, 1.807) is 6.92 Å². The van der Waals surface area contributed by atoms with Crippen LogP contribution in [0, 0.1) is 24.6 Å². The highest BCUT2D eigenvalue weighted by atomic mass is 19.4. The number of hydrogen-bond acceptors (Lipinski definition) is 11. The zero-order valence-corrected chi connectivity index (χ0v) is 28.8. The molecule has 272 valence electrons. The van der Waals surface area contributed by atoms with Gasteiger partial charge in [0.1, 0.15) is 12.4 Å². The number of halogens is 4. The molecule has 0 aliphatic carbocycles. The predicted molar refractivity (Wildman–Crippen MR) is 180 cm³/mol. The maximum atomic E-state index is 15.7. The van der Waals surface area contributed by atoms with Crippen molar-refractivity contribution in [1.82, 2.24) is 34.8 Å². The molecule has 0 saturated carbocycles. The lowest BCUT2D eigenvalue weighted by atomic mass is 9.91. The number of aryl methyl sites for hydroxylation is 2. The topological polar surface area (TPSA) is 133 Å². The standard InChI is InChI=1S/C36H37F4N9O3/c1-4-7-22-12-25(41)31(37)29(30(22)36(38,39)40)28-14-26-24(18-50-28)32(44-34(43-26)51-19-35-8-5-10-48(35)16-20(2)15-35)47-9-6-11-49-23(17-47)13-27(45-49)33-42-21(3)46-52-33/h12-13,28H,2,5-6,8-11,14-19,41H2,1,3H3/t28-,35+/m1/s1. The minimum atomic E-state index is -4.93. The van der Waals surface area contributed by atoms with Crippen LogP contribution >= 0.6 is 0 Å². The van der Waals surface area contributed by atoms with Crippen molar-refractivity contribution in [3.05, 3.63) is 69.6 Å². The molecule has 16 heteroatoms. The number of ether oxygens (including phenoxy) is 2. The molecule has 2 fully saturated rings. The van der Waals surface area contributed by atoms with Crippen molar-refractivity contribution in [3.8, 4) is 29.4 Å². The van der Waals surface area contributed by atoms with Crippen LogP contribution in [0.4, 0.5) is 29.1 Å². The summed E-state index contributed by atoms with van der Waals surface area (Å²) in [4.78, 5) is 18.4. The molecule has 3 aromatic heterocycles. The lowest BCUT2D eigenvalue weighted by Gasteiger charge is -2.33. The van der Waals surface area contributed by atoms with Crippen LogP contribution in [0.5, 0.6) is 6.01 Å². The third-order valence-electron chi connectivity index (χ3n) is 10.3. The molecule has 4 aliphatic heterocycles. The molecule has 2 atom stereocenters.